The van der Waals surface area contributed by atoms with Gasteiger partial charge in [-0.15, -0.1) is 11.3 Å². The number of rotatable bonds is 19. The summed E-state index contributed by atoms with van der Waals surface area (Å²) in [5, 5.41) is 10.6. The number of Topliss-reactive ketones (excluding diaryl/α,β-unsaturated/α-hetero) is 2. The fourth-order valence-electron chi connectivity index (χ4n) is 9.55. The van der Waals surface area contributed by atoms with Crippen molar-refractivity contribution in [2.45, 2.75) is 156 Å². The Balaban J connectivity index is 0.00000588. The molecule has 83 heavy (non-hydrogen) atoms. The summed E-state index contributed by atoms with van der Waals surface area (Å²) in [5.41, 5.74) is 1.12. The molecule has 2 aliphatic heterocycles. The molecule has 460 valence electrons. The van der Waals surface area contributed by atoms with Crippen molar-refractivity contribution >= 4 is 70.3 Å². The van der Waals surface area contributed by atoms with Crippen LogP contribution in [0.15, 0.2) is 23.6 Å². The Kier molecular flexibility index (Phi) is 33.6. The largest absolute Gasteiger partial charge is 0.455 e. The molecular weight excluding hydrogens is 1090 g/mol. The third kappa shape index (κ3) is 26.9. The monoisotopic (exact) mass is 1180 g/mol. The van der Waals surface area contributed by atoms with Gasteiger partial charge >= 0.3 is 18.1 Å². The second kappa shape index (κ2) is 39.3. The molecule has 4 rings (SSSR count). The second-order valence-corrected chi connectivity index (χ2v) is 22.3. The molecule has 1 aromatic heterocycles. The Morgan fingerprint density at radius 3 is 2.20 bits per heavy atom. The smallest absolute Gasteiger partial charge is 0.373 e. The van der Waals surface area contributed by atoms with Crippen molar-refractivity contribution in [3.8, 4) is 17.6 Å². The number of likely N-dealkylation sites (tertiary alicyclic amines) is 1. The minimum atomic E-state index is -0.869. The molecule has 0 aliphatic carbocycles. The predicted octanol–water partition coefficient (Wildman–Crippen LogP) is 6.09. The lowest BCUT2D eigenvalue weighted by Gasteiger charge is -2.37. The predicted molar refractivity (Wildman–Crippen MR) is 308 cm³/mol. The third-order valence-corrected chi connectivity index (χ3v) is 15.5. The first-order valence-corrected chi connectivity index (χ1v) is 29.8. The number of likely N-dealkylation sites (N-methyl/N-ethyl adjacent to an activating group) is 1. The maximum Gasteiger partial charge on any atom is 0.373 e. The molecule has 1 saturated heterocycles. The Bertz CT molecular complexity index is 2500. The van der Waals surface area contributed by atoms with Crippen LogP contribution in [0.2, 0.25) is 0 Å². The summed E-state index contributed by atoms with van der Waals surface area (Å²) < 4.78 is 33.8. The van der Waals surface area contributed by atoms with Gasteiger partial charge in [-0.2, -0.15) is 9.59 Å². The highest BCUT2D eigenvalue weighted by Crippen LogP contribution is 2.34. The van der Waals surface area contributed by atoms with E-state index in [9.17, 15) is 38.4 Å². The first-order chi connectivity index (χ1) is 39.7. The van der Waals surface area contributed by atoms with Crippen LogP contribution in [-0.4, -0.2) is 166 Å². The van der Waals surface area contributed by atoms with Gasteiger partial charge in [-0.1, -0.05) is 66.9 Å². The summed E-state index contributed by atoms with van der Waals surface area (Å²) in [4.78, 5) is 130. The number of amides is 4. The molecular formula is C60H88N6O16S. The molecule has 2 aromatic rings. The van der Waals surface area contributed by atoms with E-state index in [2.05, 4.69) is 46.5 Å². The van der Waals surface area contributed by atoms with Crippen molar-refractivity contribution in [2.75, 3.05) is 85.4 Å². The zero-order valence-electron chi connectivity index (χ0n) is 50.0. The lowest BCUT2D eigenvalue weighted by atomic mass is 9.83. The Morgan fingerprint density at radius 1 is 0.880 bits per heavy atom. The van der Waals surface area contributed by atoms with Crippen LogP contribution in [0.1, 0.15) is 153 Å². The summed E-state index contributed by atoms with van der Waals surface area (Å²) >= 11 is 1.19. The highest BCUT2D eigenvalue weighted by molar-refractivity contribution is 7.09. The maximum atomic E-state index is 14.5. The average Bonchev–Trinajstić information content (AvgIpc) is 4.00. The number of hydrogen-bond donors (Lipinski definition) is 3. The van der Waals surface area contributed by atoms with E-state index in [0.717, 1.165) is 44.2 Å². The van der Waals surface area contributed by atoms with Gasteiger partial charge < -0.3 is 49.3 Å². The van der Waals surface area contributed by atoms with E-state index in [4.69, 9.17) is 43.0 Å². The molecule has 2 aliphatic rings. The number of nitrogens with zero attached hydrogens (tertiary/aromatic N) is 3. The number of carbonyl (C=O) groups is 8. The Labute approximate surface area is 492 Å². The van der Waals surface area contributed by atoms with Crippen LogP contribution in [0, 0.1) is 35.5 Å². The number of ketones is 2. The molecule has 4 amide bonds. The summed E-state index contributed by atoms with van der Waals surface area (Å²) in [6.45, 7) is 15.9. The van der Waals surface area contributed by atoms with E-state index in [0.29, 0.717) is 24.3 Å². The lowest BCUT2D eigenvalue weighted by molar-refractivity contribution is -0.192. The number of thiazole rings is 1. The van der Waals surface area contributed by atoms with E-state index < -0.39 is 53.8 Å². The van der Waals surface area contributed by atoms with Gasteiger partial charge in [0.25, 0.3) is 11.8 Å². The van der Waals surface area contributed by atoms with Crippen molar-refractivity contribution in [2.24, 2.45) is 23.7 Å². The summed E-state index contributed by atoms with van der Waals surface area (Å²) in [6.07, 6.45) is 5.49. The van der Waals surface area contributed by atoms with E-state index in [1.165, 1.54) is 18.3 Å². The van der Waals surface area contributed by atoms with Crippen LogP contribution in [0.25, 0.3) is 0 Å². The fourth-order valence-corrected chi connectivity index (χ4v) is 10.4. The van der Waals surface area contributed by atoms with Gasteiger partial charge in [-0.3, -0.25) is 43.3 Å². The summed E-state index contributed by atoms with van der Waals surface area (Å²) in [7, 11) is 3.73. The topological polar surface area (TPSA) is 282 Å². The van der Waals surface area contributed by atoms with E-state index >= 15 is 0 Å². The average molecular weight is 1180 g/mol. The third-order valence-electron chi connectivity index (χ3n) is 14.6. The molecule has 0 spiro atoms. The van der Waals surface area contributed by atoms with E-state index in [-0.39, 0.29) is 156 Å². The number of anilines is 1. The summed E-state index contributed by atoms with van der Waals surface area (Å²) in [5.74, 6) is 1.32. The number of piperidine rings is 1. The number of ether oxygens (including phenoxy) is 6. The number of carbonyl (C=O) groups excluding carboxylic acids is 10. The standard InChI is InChI=1S/C59H88N6O14S.CO2/c1-10-40(5)33-44(34-43-17-19-52-47(35-43)62-55(70)21-26-75-31-32-77-28-23-60-54(69)20-18-45(67)15-14-25-74-29-30-76-27-22-56(71)79-52)61-57(72)48-38-80-58(63-48)53(78-42(7)66)37-50(39(3)4)65(9)59(73)46(41(6)11-2)36-51(68)49-16-12-13-24-64(49)8;2-1-3/h17,19,35,38-41,44,46,49-50,53H,10-16,21-34,36-37H2,1-9H3,(H,60,69)(H,61,72)(H,62,70);/t40?,41-,44+,46-,49+,50+,53+;/m0./s1. The van der Waals surface area contributed by atoms with Gasteiger partial charge in [0, 0.05) is 75.7 Å². The van der Waals surface area contributed by atoms with Gasteiger partial charge in [0.05, 0.1) is 70.8 Å². The zero-order valence-corrected chi connectivity index (χ0v) is 50.8. The first-order valence-electron chi connectivity index (χ1n) is 28.9. The van der Waals surface area contributed by atoms with Crippen LogP contribution < -0.4 is 20.7 Å². The molecule has 3 heterocycles. The molecule has 7 atom stereocenters. The number of aromatic nitrogens is 1. The minimum Gasteiger partial charge on any atom is -0.455 e. The molecule has 0 bridgehead atoms. The number of nitrogens with one attached hydrogen (secondary N) is 3. The second-order valence-electron chi connectivity index (χ2n) is 21.4. The Morgan fingerprint density at radius 2 is 1.55 bits per heavy atom. The molecule has 1 aromatic carbocycles. The molecule has 1 unspecified atom stereocenters. The zero-order chi connectivity index (χ0) is 61.3. The van der Waals surface area contributed by atoms with Crippen molar-refractivity contribution in [1.29, 1.82) is 0 Å². The molecule has 1 fully saturated rings. The number of esters is 2. The maximum absolute atomic E-state index is 14.5. The van der Waals surface area contributed by atoms with Gasteiger partial charge in [-0.25, -0.2) is 4.98 Å². The van der Waals surface area contributed by atoms with Crippen molar-refractivity contribution in [3.63, 3.8) is 0 Å². The van der Waals surface area contributed by atoms with E-state index in [1.54, 1.807) is 35.5 Å². The molecule has 0 saturated carbocycles. The SMILES string of the molecule is CCC(C)C[C@H](Cc1ccc2c(c1)NC(=O)CCOCCOCCNC(=O)C#CC(=O)CCCOCCOCCC(=O)O2)NC(=O)c1csc([C@@H](C[C@H](C(C)C)N(C)C(=O)[C@@H](CC(=O)[C@H]2CCCCN2C)[C@@H](C)CC)OC(C)=O)n1.O=C=O. The lowest BCUT2D eigenvalue weighted by Crippen LogP contribution is -2.48. The minimum absolute atomic E-state index is 0.0338. The molecule has 0 radical (unpaired) electrons. The van der Waals surface area contributed by atoms with Gasteiger partial charge in [0.15, 0.2) is 17.6 Å². The van der Waals surface area contributed by atoms with Gasteiger partial charge in [-0.05, 0) is 87.1 Å². The van der Waals surface area contributed by atoms with Crippen LogP contribution >= 0.6 is 11.3 Å². The van der Waals surface area contributed by atoms with Gasteiger partial charge in [0.2, 0.25) is 17.6 Å². The number of fused-ring (bicyclic) bond motifs is 1. The van der Waals surface area contributed by atoms with Crippen LogP contribution in [-0.2, 0) is 73.3 Å². The van der Waals surface area contributed by atoms with Crippen LogP contribution in [0.3, 0.4) is 0 Å². The normalized spacial score (nSPS) is 19.2. The highest BCUT2D eigenvalue weighted by Gasteiger charge is 2.38. The Hall–Kier alpha value is -6.25. The van der Waals surface area contributed by atoms with Crippen molar-refractivity contribution < 1.29 is 76.4 Å². The summed E-state index contributed by atoms with van der Waals surface area (Å²) in [6, 6.07) is 4.09. The van der Waals surface area contributed by atoms with Crippen molar-refractivity contribution in [3.05, 3.63) is 39.8 Å². The molecule has 22 nitrogen and oxygen atoms in total. The first kappa shape index (κ1) is 71.0. The van der Waals surface area contributed by atoms with Crippen molar-refractivity contribution in [1.82, 2.24) is 25.4 Å². The quantitative estimate of drug-likeness (QED) is 0.0620. The fraction of sp³-hybridized carbons (Fsp3) is 0.667. The molecule has 3 N–H and O–H groups in total. The van der Waals surface area contributed by atoms with Crippen LogP contribution in [0.4, 0.5) is 5.69 Å². The number of hydrogen-bond acceptors (Lipinski definition) is 19. The van der Waals surface area contributed by atoms with Crippen LogP contribution in [0.5, 0.6) is 5.75 Å². The molecule has 23 heteroatoms. The van der Waals surface area contributed by atoms with E-state index in [1.807, 2.05) is 34.7 Å². The van der Waals surface area contributed by atoms with Gasteiger partial charge in [0.1, 0.15) is 10.7 Å². The number of benzene rings is 1. The highest BCUT2D eigenvalue weighted by atomic mass is 32.1.